The molecule has 0 radical (unpaired) electrons. The summed E-state index contributed by atoms with van der Waals surface area (Å²) in [5, 5.41) is 18.2. The normalized spacial score (nSPS) is 28.4. The molecule has 2 rings (SSSR count). The zero-order valence-corrected chi connectivity index (χ0v) is 9.96. The number of nitrogens with zero attached hydrogens (tertiary/aromatic N) is 1. The van der Waals surface area contributed by atoms with E-state index in [4.69, 9.17) is 5.11 Å². The molecule has 2 N–H and O–H groups in total. The molecule has 20 heavy (non-hydrogen) atoms. The third kappa shape index (κ3) is 1.57. The van der Waals surface area contributed by atoms with E-state index in [1.807, 2.05) is 0 Å². The highest BCUT2D eigenvalue weighted by molar-refractivity contribution is 5.88. The van der Waals surface area contributed by atoms with Gasteiger partial charge >= 0.3 is 18.0 Å². The number of carboxylic acids is 1. The van der Waals surface area contributed by atoms with Crippen molar-refractivity contribution in [1.82, 2.24) is 4.90 Å². The van der Waals surface area contributed by atoms with Crippen molar-refractivity contribution in [2.75, 3.05) is 6.54 Å². The SMILES string of the molecule is O=C(O)N1CC(F)C(F)(F)C1(C(=O)O)c1ccccc1. The van der Waals surface area contributed by atoms with Gasteiger partial charge in [-0.1, -0.05) is 30.3 Å². The Hall–Kier alpha value is -2.25. The van der Waals surface area contributed by atoms with Gasteiger partial charge in [-0.05, 0) is 5.56 Å². The molecule has 1 heterocycles. The van der Waals surface area contributed by atoms with Crippen LogP contribution in [-0.4, -0.2) is 45.8 Å². The zero-order valence-electron chi connectivity index (χ0n) is 9.96. The fraction of sp³-hybridized carbons (Fsp3) is 0.333. The van der Waals surface area contributed by atoms with Crippen LogP contribution in [0.5, 0.6) is 0 Å². The molecule has 0 bridgehead atoms. The van der Waals surface area contributed by atoms with Gasteiger partial charge in [0.25, 0.3) is 0 Å². The molecule has 1 amide bonds. The standard InChI is InChI=1S/C12H10F3NO4/c13-8-6-16(10(19)20)11(9(17)18,12(8,14)15)7-4-2-1-3-5-7/h1-5,8H,6H2,(H,17,18)(H,19,20). The molecule has 2 atom stereocenters. The number of hydrogen-bond acceptors (Lipinski definition) is 2. The molecule has 0 aromatic heterocycles. The van der Waals surface area contributed by atoms with Crippen LogP contribution in [0.3, 0.4) is 0 Å². The molecular weight excluding hydrogens is 279 g/mol. The molecule has 1 saturated heterocycles. The van der Waals surface area contributed by atoms with E-state index in [1.54, 1.807) is 0 Å². The number of amides is 1. The summed E-state index contributed by atoms with van der Waals surface area (Å²) in [6.45, 7) is -1.20. The van der Waals surface area contributed by atoms with E-state index in [-0.39, 0.29) is 4.90 Å². The number of rotatable bonds is 2. The van der Waals surface area contributed by atoms with Crippen LogP contribution in [-0.2, 0) is 10.3 Å². The second kappa shape index (κ2) is 4.39. The predicted molar refractivity (Wildman–Crippen MR) is 60.3 cm³/mol. The molecule has 1 fully saturated rings. The molecule has 2 unspecified atom stereocenters. The monoisotopic (exact) mass is 289 g/mol. The van der Waals surface area contributed by atoms with Crippen molar-refractivity contribution in [2.24, 2.45) is 0 Å². The molecule has 1 aromatic rings. The number of carboxylic acid groups (broad SMARTS) is 2. The van der Waals surface area contributed by atoms with Crippen LogP contribution in [0.1, 0.15) is 5.56 Å². The number of alkyl halides is 3. The fourth-order valence-electron chi connectivity index (χ4n) is 2.45. The molecule has 0 aliphatic carbocycles. The van der Waals surface area contributed by atoms with Gasteiger partial charge in [0, 0.05) is 0 Å². The van der Waals surface area contributed by atoms with Gasteiger partial charge in [0.15, 0.2) is 6.17 Å². The van der Waals surface area contributed by atoms with Crippen molar-refractivity contribution < 1.29 is 33.0 Å². The van der Waals surface area contributed by atoms with Crippen molar-refractivity contribution in [3.63, 3.8) is 0 Å². The zero-order chi connectivity index (χ0) is 15.1. The van der Waals surface area contributed by atoms with Crippen molar-refractivity contribution in [3.05, 3.63) is 35.9 Å². The maximum Gasteiger partial charge on any atom is 0.408 e. The molecule has 5 nitrogen and oxygen atoms in total. The molecule has 1 aliphatic heterocycles. The Morgan fingerprint density at radius 1 is 1.20 bits per heavy atom. The molecule has 0 saturated carbocycles. The first kappa shape index (κ1) is 14.2. The van der Waals surface area contributed by atoms with E-state index in [9.17, 15) is 27.9 Å². The van der Waals surface area contributed by atoms with E-state index in [0.717, 1.165) is 12.1 Å². The number of halogens is 3. The number of benzene rings is 1. The minimum Gasteiger partial charge on any atom is -0.479 e. The van der Waals surface area contributed by atoms with Crippen LogP contribution in [0.4, 0.5) is 18.0 Å². The van der Waals surface area contributed by atoms with E-state index in [2.05, 4.69) is 0 Å². The minimum atomic E-state index is -4.38. The van der Waals surface area contributed by atoms with Gasteiger partial charge < -0.3 is 10.2 Å². The average molecular weight is 289 g/mol. The minimum absolute atomic E-state index is 0.0602. The highest BCUT2D eigenvalue weighted by Crippen LogP contribution is 2.51. The Kier molecular flexibility index (Phi) is 3.11. The van der Waals surface area contributed by atoms with Gasteiger partial charge in [-0.25, -0.2) is 14.0 Å². The quantitative estimate of drug-likeness (QED) is 0.872. The predicted octanol–water partition coefficient (Wildman–Crippen LogP) is 1.93. The van der Waals surface area contributed by atoms with E-state index in [1.165, 1.54) is 18.2 Å². The van der Waals surface area contributed by atoms with Crippen molar-refractivity contribution >= 4 is 12.1 Å². The van der Waals surface area contributed by atoms with Gasteiger partial charge in [0.05, 0.1) is 6.54 Å². The second-order valence-electron chi connectivity index (χ2n) is 4.37. The Morgan fingerprint density at radius 2 is 1.75 bits per heavy atom. The molecule has 0 spiro atoms. The first-order valence-corrected chi connectivity index (χ1v) is 5.57. The van der Waals surface area contributed by atoms with Crippen molar-refractivity contribution in [1.29, 1.82) is 0 Å². The summed E-state index contributed by atoms with van der Waals surface area (Å²) >= 11 is 0. The smallest absolute Gasteiger partial charge is 0.408 e. The summed E-state index contributed by atoms with van der Waals surface area (Å²) < 4.78 is 41.8. The van der Waals surface area contributed by atoms with E-state index in [0.29, 0.717) is 0 Å². The largest absolute Gasteiger partial charge is 0.479 e. The van der Waals surface area contributed by atoms with Crippen LogP contribution in [0.25, 0.3) is 0 Å². The molecule has 8 heteroatoms. The van der Waals surface area contributed by atoms with Crippen LogP contribution in [0, 0.1) is 0 Å². The van der Waals surface area contributed by atoms with Gasteiger partial charge in [0.2, 0.25) is 5.54 Å². The van der Waals surface area contributed by atoms with Crippen molar-refractivity contribution in [3.8, 4) is 0 Å². The lowest BCUT2D eigenvalue weighted by molar-refractivity contribution is -0.176. The summed E-state index contributed by atoms with van der Waals surface area (Å²) in [6.07, 6.45) is -4.81. The molecular formula is C12H10F3NO4. The summed E-state index contributed by atoms with van der Waals surface area (Å²) in [7, 11) is 0. The Morgan fingerprint density at radius 3 is 2.20 bits per heavy atom. The first-order chi connectivity index (χ1) is 9.26. The Bertz CT molecular complexity index is 551. The highest BCUT2D eigenvalue weighted by Gasteiger charge is 2.74. The fourth-order valence-corrected chi connectivity index (χ4v) is 2.45. The number of likely N-dealkylation sites (tertiary alicyclic amines) is 1. The second-order valence-corrected chi connectivity index (χ2v) is 4.37. The van der Waals surface area contributed by atoms with Crippen LogP contribution < -0.4 is 0 Å². The van der Waals surface area contributed by atoms with Gasteiger partial charge in [-0.3, -0.25) is 4.90 Å². The number of hydrogen-bond donors (Lipinski definition) is 2. The summed E-state index contributed by atoms with van der Waals surface area (Å²) in [5.74, 6) is -6.49. The summed E-state index contributed by atoms with van der Waals surface area (Å²) in [6, 6.07) is 6.08. The average Bonchev–Trinajstić information content (AvgIpc) is 2.59. The lowest BCUT2D eigenvalue weighted by atomic mass is 9.84. The van der Waals surface area contributed by atoms with Crippen LogP contribution in [0.2, 0.25) is 0 Å². The topological polar surface area (TPSA) is 77.8 Å². The van der Waals surface area contributed by atoms with Crippen LogP contribution in [0.15, 0.2) is 30.3 Å². The third-order valence-corrected chi connectivity index (χ3v) is 3.36. The summed E-state index contributed by atoms with van der Waals surface area (Å²) in [4.78, 5) is 22.5. The number of carbonyl (C=O) groups is 2. The molecule has 1 aliphatic rings. The molecule has 1 aromatic carbocycles. The lowest BCUT2D eigenvalue weighted by Crippen LogP contribution is -2.59. The van der Waals surface area contributed by atoms with Crippen molar-refractivity contribution in [2.45, 2.75) is 17.6 Å². The Balaban J connectivity index is 2.76. The van der Waals surface area contributed by atoms with Gasteiger partial charge in [-0.2, -0.15) is 8.78 Å². The van der Waals surface area contributed by atoms with Gasteiger partial charge in [-0.15, -0.1) is 0 Å². The lowest BCUT2D eigenvalue weighted by Gasteiger charge is -2.36. The third-order valence-electron chi connectivity index (χ3n) is 3.36. The first-order valence-electron chi connectivity index (χ1n) is 5.57. The van der Waals surface area contributed by atoms with E-state index < -0.39 is 41.8 Å². The number of aliphatic carboxylic acids is 1. The van der Waals surface area contributed by atoms with Crippen LogP contribution >= 0.6 is 0 Å². The Labute approximate surface area is 111 Å². The maximum atomic E-state index is 14.1. The highest BCUT2D eigenvalue weighted by atomic mass is 19.3. The van der Waals surface area contributed by atoms with E-state index >= 15 is 0 Å². The summed E-state index contributed by atoms with van der Waals surface area (Å²) in [5.41, 5.74) is -3.75. The maximum absolute atomic E-state index is 14.1. The van der Waals surface area contributed by atoms with Gasteiger partial charge in [0.1, 0.15) is 0 Å². The molecule has 108 valence electrons.